The minimum absolute atomic E-state index is 0.108. The van der Waals surface area contributed by atoms with Crippen LogP contribution in [0.15, 0.2) is 16.5 Å². The topological polar surface area (TPSA) is 93.8 Å². The lowest BCUT2D eigenvalue weighted by molar-refractivity contribution is 0.0867. The first kappa shape index (κ1) is 8.76. The number of nitrogen functional groups attached to an aromatic ring is 1. The van der Waals surface area contributed by atoms with E-state index in [9.17, 15) is 0 Å². The van der Waals surface area contributed by atoms with Crippen LogP contribution in [0.5, 0.6) is 5.95 Å². The summed E-state index contributed by atoms with van der Waals surface area (Å²) in [4.78, 5) is 5.12. The summed E-state index contributed by atoms with van der Waals surface area (Å²) in [6, 6.07) is 2.93. The molecule has 0 aliphatic heterocycles. The van der Waals surface area contributed by atoms with Crippen molar-refractivity contribution in [3.63, 3.8) is 0 Å². The molecule has 76 valence electrons. The lowest BCUT2D eigenvalue weighted by Gasteiger charge is -2.06. The summed E-state index contributed by atoms with van der Waals surface area (Å²) in [6.45, 7) is 0.0167. The van der Waals surface area contributed by atoms with Crippen molar-refractivity contribution in [2.75, 3.05) is 18.9 Å². The molecule has 0 atom stereocenters. The number of aromatic hydroxyl groups is 1. The fraction of sp³-hybridized carbons (Fsp3) is 0.250. The summed E-state index contributed by atoms with van der Waals surface area (Å²) in [5, 5.41) is 17.6. The third-order valence-corrected chi connectivity index (χ3v) is 1.77. The number of hydrogen-bond acceptors (Lipinski definition) is 5. The van der Waals surface area contributed by atoms with Gasteiger partial charge in [-0.15, -0.1) is 0 Å². The Bertz CT molecular complexity index is 445. The van der Waals surface area contributed by atoms with Crippen LogP contribution in [0.25, 0.3) is 11.1 Å². The largest absolute Gasteiger partial charge is 0.481 e. The second-order valence-electron chi connectivity index (χ2n) is 2.75. The summed E-state index contributed by atoms with van der Waals surface area (Å²) in [7, 11) is 0. The molecular formula is C8H10N2O4. The second-order valence-corrected chi connectivity index (χ2v) is 2.75. The minimum Gasteiger partial charge on any atom is -0.481 e. The van der Waals surface area contributed by atoms with Gasteiger partial charge in [-0.25, -0.2) is 0 Å². The van der Waals surface area contributed by atoms with Crippen molar-refractivity contribution in [3.05, 3.63) is 12.1 Å². The molecule has 0 spiro atoms. The van der Waals surface area contributed by atoms with E-state index in [1.807, 2.05) is 0 Å². The van der Waals surface area contributed by atoms with Crippen molar-refractivity contribution in [2.45, 2.75) is 0 Å². The highest BCUT2D eigenvalue weighted by Crippen LogP contribution is 2.27. The number of hydrogen-bond donors (Lipinski definition) is 3. The zero-order valence-corrected chi connectivity index (χ0v) is 7.30. The Kier molecular flexibility index (Phi) is 1.97. The van der Waals surface area contributed by atoms with E-state index in [1.165, 1.54) is 16.9 Å². The lowest BCUT2D eigenvalue weighted by atomic mass is 10.5. The molecule has 6 heteroatoms. The first-order chi connectivity index (χ1) is 6.72. The number of nitrogens with two attached hydrogens (primary N) is 1. The zero-order chi connectivity index (χ0) is 10.1. The molecular weight excluding hydrogens is 188 g/mol. The molecule has 0 amide bonds. The van der Waals surface area contributed by atoms with Crippen LogP contribution in [0.2, 0.25) is 0 Å². The van der Waals surface area contributed by atoms with Crippen LogP contribution in [0, 0.1) is 0 Å². The van der Waals surface area contributed by atoms with Crippen LogP contribution in [-0.2, 0) is 0 Å². The van der Waals surface area contributed by atoms with Crippen molar-refractivity contribution >= 4 is 16.9 Å². The van der Waals surface area contributed by atoms with E-state index in [0.717, 1.165) is 0 Å². The van der Waals surface area contributed by atoms with E-state index >= 15 is 0 Å². The Labute approximate surface area is 79.1 Å². The maximum atomic E-state index is 9.06. The molecule has 0 saturated heterocycles. The fourth-order valence-corrected chi connectivity index (χ4v) is 1.25. The summed E-state index contributed by atoms with van der Waals surface area (Å²) >= 11 is 0. The monoisotopic (exact) mass is 198 g/mol. The number of furan rings is 1. The predicted octanol–water partition coefficient (Wildman–Crippen LogP) is -0.0570. The highest BCUT2D eigenvalue weighted by Gasteiger charge is 2.12. The molecule has 0 unspecified atom stereocenters. The Hall–Kier alpha value is -1.82. The number of aliphatic hydroxyl groups is 1. The molecule has 0 aromatic carbocycles. The SMILES string of the molecule is Nc1cc2oc(O)cc2n1OCCO. The second kappa shape index (κ2) is 3.15. The van der Waals surface area contributed by atoms with Crippen molar-refractivity contribution in [1.29, 1.82) is 0 Å². The van der Waals surface area contributed by atoms with Crippen molar-refractivity contribution in [2.24, 2.45) is 0 Å². The summed E-state index contributed by atoms with van der Waals surface area (Å²) in [5.41, 5.74) is 6.58. The van der Waals surface area contributed by atoms with E-state index in [2.05, 4.69) is 0 Å². The van der Waals surface area contributed by atoms with E-state index in [1.54, 1.807) is 0 Å². The van der Waals surface area contributed by atoms with Crippen LogP contribution in [0.4, 0.5) is 5.82 Å². The van der Waals surface area contributed by atoms with E-state index in [4.69, 9.17) is 25.2 Å². The number of aromatic nitrogens is 1. The molecule has 0 bridgehead atoms. The van der Waals surface area contributed by atoms with Gasteiger partial charge in [-0.3, -0.25) is 0 Å². The van der Waals surface area contributed by atoms with Gasteiger partial charge in [0, 0.05) is 6.07 Å². The average molecular weight is 198 g/mol. The van der Waals surface area contributed by atoms with Crippen LogP contribution in [0.3, 0.4) is 0 Å². The first-order valence-corrected chi connectivity index (χ1v) is 4.06. The third kappa shape index (κ3) is 1.25. The van der Waals surface area contributed by atoms with Crippen LogP contribution in [-0.4, -0.2) is 28.2 Å². The highest BCUT2D eigenvalue weighted by atomic mass is 16.7. The molecule has 6 nitrogen and oxygen atoms in total. The molecule has 2 aromatic heterocycles. The summed E-state index contributed by atoms with van der Waals surface area (Å²) in [5.74, 6) is 0.156. The normalized spacial score (nSPS) is 10.9. The molecule has 2 aromatic rings. The Balaban J connectivity index is 2.43. The van der Waals surface area contributed by atoms with Gasteiger partial charge in [0.05, 0.1) is 12.7 Å². The predicted molar refractivity (Wildman–Crippen MR) is 48.8 cm³/mol. The summed E-state index contributed by atoms with van der Waals surface area (Å²) < 4.78 is 6.22. The van der Waals surface area contributed by atoms with Gasteiger partial charge in [0.1, 0.15) is 17.9 Å². The molecule has 0 radical (unpaired) electrons. The van der Waals surface area contributed by atoms with Crippen molar-refractivity contribution < 1.29 is 19.5 Å². The van der Waals surface area contributed by atoms with Gasteiger partial charge in [0.15, 0.2) is 5.58 Å². The average Bonchev–Trinajstić information content (AvgIpc) is 2.58. The number of fused-ring (bicyclic) bond motifs is 1. The van der Waals surface area contributed by atoms with E-state index in [0.29, 0.717) is 16.9 Å². The highest BCUT2D eigenvalue weighted by molar-refractivity contribution is 5.80. The van der Waals surface area contributed by atoms with Gasteiger partial charge in [0.25, 0.3) is 5.95 Å². The van der Waals surface area contributed by atoms with Crippen molar-refractivity contribution in [1.82, 2.24) is 4.73 Å². The van der Waals surface area contributed by atoms with Gasteiger partial charge in [-0.05, 0) is 0 Å². The number of aliphatic hydroxyl groups excluding tert-OH is 1. The minimum atomic E-state index is -0.198. The van der Waals surface area contributed by atoms with Crippen LogP contribution in [0.1, 0.15) is 0 Å². The van der Waals surface area contributed by atoms with Crippen molar-refractivity contribution in [3.8, 4) is 5.95 Å². The third-order valence-electron chi connectivity index (χ3n) is 1.77. The quantitative estimate of drug-likeness (QED) is 0.642. The molecule has 0 fully saturated rings. The molecule has 4 N–H and O–H groups in total. The first-order valence-electron chi connectivity index (χ1n) is 4.06. The van der Waals surface area contributed by atoms with Crippen LogP contribution < -0.4 is 10.6 Å². The fourth-order valence-electron chi connectivity index (χ4n) is 1.25. The Morgan fingerprint density at radius 1 is 1.50 bits per heavy atom. The Morgan fingerprint density at radius 3 is 3.00 bits per heavy atom. The smallest absolute Gasteiger partial charge is 0.284 e. The molecule has 2 heterocycles. The number of rotatable bonds is 3. The molecule has 0 aliphatic rings. The molecule has 2 rings (SSSR count). The maximum absolute atomic E-state index is 9.06. The van der Waals surface area contributed by atoms with E-state index in [-0.39, 0.29) is 19.2 Å². The zero-order valence-electron chi connectivity index (χ0n) is 7.30. The molecule has 0 aliphatic carbocycles. The standard InChI is InChI=1S/C8H10N2O4/c9-7-4-6-5(3-8(12)14-6)10(7)13-2-1-11/h3-4,11-12H,1-2,9H2. The Morgan fingerprint density at radius 2 is 2.29 bits per heavy atom. The van der Waals surface area contributed by atoms with Gasteiger partial charge < -0.3 is 25.2 Å². The van der Waals surface area contributed by atoms with Gasteiger partial charge in [-0.2, -0.15) is 4.73 Å². The molecule has 14 heavy (non-hydrogen) atoms. The van der Waals surface area contributed by atoms with E-state index < -0.39 is 0 Å². The summed E-state index contributed by atoms with van der Waals surface area (Å²) in [6.07, 6.45) is 0. The maximum Gasteiger partial charge on any atom is 0.284 e. The number of anilines is 1. The molecule has 0 saturated carbocycles. The van der Waals surface area contributed by atoms with Gasteiger partial charge in [-0.1, -0.05) is 0 Å². The van der Waals surface area contributed by atoms with Crippen LogP contribution >= 0.6 is 0 Å². The lowest BCUT2D eigenvalue weighted by Crippen LogP contribution is -2.16. The van der Waals surface area contributed by atoms with Gasteiger partial charge >= 0.3 is 0 Å². The van der Waals surface area contributed by atoms with Gasteiger partial charge in [0.2, 0.25) is 0 Å². The number of nitrogens with zero attached hydrogens (tertiary/aromatic N) is 1.